The summed E-state index contributed by atoms with van der Waals surface area (Å²) in [6, 6.07) is 0. The number of ether oxygens (including phenoxy) is 1. The highest BCUT2D eigenvalue weighted by molar-refractivity contribution is 5.10. The van der Waals surface area contributed by atoms with E-state index in [4.69, 9.17) is 9.84 Å². The summed E-state index contributed by atoms with van der Waals surface area (Å²) in [5.74, 6) is 0.648. The summed E-state index contributed by atoms with van der Waals surface area (Å²) in [5, 5.41) is 9.07. The molecule has 1 aliphatic heterocycles. The van der Waals surface area contributed by atoms with Crippen LogP contribution in [0.4, 0.5) is 0 Å². The summed E-state index contributed by atoms with van der Waals surface area (Å²) in [6.07, 6.45) is 6.97. The normalized spacial score (nSPS) is 36.1. The van der Waals surface area contributed by atoms with Gasteiger partial charge >= 0.3 is 0 Å². The predicted octanol–water partition coefficient (Wildman–Crippen LogP) is 2.27. The Morgan fingerprint density at radius 2 is 2.36 bits per heavy atom. The number of aliphatic hydroxyl groups excluding tert-OH is 1. The molecule has 0 aromatic carbocycles. The zero-order valence-corrected chi connectivity index (χ0v) is 9.12. The van der Waals surface area contributed by atoms with E-state index >= 15 is 0 Å². The fraction of sp³-hybridized carbons (Fsp3) is 0.833. The first-order valence-electron chi connectivity index (χ1n) is 5.57. The second-order valence-electron chi connectivity index (χ2n) is 5.18. The molecule has 1 heterocycles. The van der Waals surface area contributed by atoms with E-state index in [1.807, 2.05) is 0 Å². The maximum atomic E-state index is 9.07. The van der Waals surface area contributed by atoms with Gasteiger partial charge < -0.3 is 9.84 Å². The Hall–Kier alpha value is -0.340. The van der Waals surface area contributed by atoms with Crippen LogP contribution < -0.4 is 0 Å². The Labute approximate surface area is 86.0 Å². The maximum absolute atomic E-state index is 9.07. The Morgan fingerprint density at radius 3 is 3.07 bits per heavy atom. The molecule has 2 aliphatic rings. The standard InChI is InChI=1S/C12H20O2/c1-12(2)6-5-10-7-9(8-13)3-4-11(10)14-12/h3,10-11,13H,4-8H2,1-2H3. The van der Waals surface area contributed by atoms with E-state index in [9.17, 15) is 0 Å². The first kappa shape index (κ1) is 10.2. The molecule has 0 amide bonds. The van der Waals surface area contributed by atoms with Gasteiger partial charge in [-0.15, -0.1) is 0 Å². The minimum Gasteiger partial charge on any atom is -0.392 e. The van der Waals surface area contributed by atoms with Crippen LogP contribution in [-0.4, -0.2) is 23.4 Å². The summed E-state index contributed by atoms with van der Waals surface area (Å²) in [5.41, 5.74) is 1.26. The highest BCUT2D eigenvalue weighted by Gasteiger charge is 2.36. The van der Waals surface area contributed by atoms with E-state index in [0.717, 1.165) is 19.3 Å². The van der Waals surface area contributed by atoms with Gasteiger partial charge in [-0.25, -0.2) is 0 Å². The summed E-state index contributed by atoms with van der Waals surface area (Å²) >= 11 is 0. The molecule has 0 saturated carbocycles. The lowest BCUT2D eigenvalue weighted by Gasteiger charge is -2.43. The molecule has 2 unspecified atom stereocenters. The molecule has 2 atom stereocenters. The minimum atomic E-state index is 0.0612. The van der Waals surface area contributed by atoms with Gasteiger partial charge in [-0.2, -0.15) is 0 Å². The topological polar surface area (TPSA) is 29.5 Å². The third-order valence-electron chi connectivity index (χ3n) is 3.48. The summed E-state index contributed by atoms with van der Waals surface area (Å²) in [6.45, 7) is 4.58. The third kappa shape index (κ3) is 2.01. The van der Waals surface area contributed by atoms with Crippen LogP contribution in [0, 0.1) is 5.92 Å². The smallest absolute Gasteiger partial charge is 0.0648 e. The van der Waals surface area contributed by atoms with Crippen molar-refractivity contribution in [2.24, 2.45) is 5.92 Å². The number of rotatable bonds is 1. The van der Waals surface area contributed by atoms with E-state index in [2.05, 4.69) is 19.9 Å². The van der Waals surface area contributed by atoms with Crippen molar-refractivity contribution in [1.29, 1.82) is 0 Å². The highest BCUT2D eigenvalue weighted by Crippen LogP contribution is 2.39. The Balaban J connectivity index is 2.03. The van der Waals surface area contributed by atoms with Crippen LogP contribution in [-0.2, 0) is 4.74 Å². The lowest BCUT2D eigenvalue weighted by molar-refractivity contribution is -0.135. The molecule has 0 spiro atoms. The summed E-state index contributed by atoms with van der Waals surface area (Å²) in [7, 11) is 0. The number of hydrogen-bond acceptors (Lipinski definition) is 2. The van der Waals surface area contributed by atoms with Crippen LogP contribution in [0.1, 0.15) is 39.5 Å². The van der Waals surface area contributed by atoms with E-state index in [1.54, 1.807) is 0 Å². The monoisotopic (exact) mass is 196 g/mol. The Morgan fingerprint density at radius 1 is 1.57 bits per heavy atom. The van der Waals surface area contributed by atoms with Gasteiger partial charge in [-0.3, -0.25) is 0 Å². The third-order valence-corrected chi connectivity index (χ3v) is 3.48. The van der Waals surface area contributed by atoms with Gasteiger partial charge in [-0.05, 0) is 51.0 Å². The van der Waals surface area contributed by atoms with Crippen LogP contribution in [0.3, 0.4) is 0 Å². The average Bonchev–Trinajstić information content (AvgIpc) is 2.16. The quantitative estimate of drug-likeness (QED) is 0.652. The lowest BCUT2D eigenvalue weighted by Crippen LogP contribution is -2.42. The molecular formula is C12H20O2. The zero-order valence-electron chi connectivity index (χ0n) is 9.12. The fourth-order valence-electron chi connectivity index (χ4n) is 2.59. The van der Waals surface area contributed by atoms with Crippen molar-refractivity contribution in [2.75, 3.05) is 6.61 Å². The molecular weight excluding hydrogens is 176 g/mol. The zero-order chi connectivity index (χ0) is 10.2. The van der Waals surface area contributed by atoms with Crippen molar-refractivity contribution in [1.82, 2.24) is 0 Å². The van der Waals surface area contributed by atoms with Crippen molar-refractivity contribution in [3.63, 3.8) is 0 Å². The Kier molecular flexibility index (Phi) is 2.67. The maximum Gasteiger partial charge on any atom is 0.0648 e. The molecule has 1 saturated heterocycles. The minimum absolute atomic E-state index is 0.0612. The van der Waals surface area contributed by atoms with Crippen LogP contribution in [0.15, 0.2) is 11.6 Å². The molecule has 0 aromatic rings. The van der Waals surface area contributed by atoms with Crippen LogP contribution in [0.25, 0.3) is 0 Å². The van der Waals surface area contributed by atoms with Gasteiger partial charge in [-0.1, -0.05) is 6.08 Å². The molecule has 80 valence electrons. The van der Waals surface area contributed by atoms with Crippen molar-refractivity contribution >= 4 is 0 Å². The molecule has 2 rings (SSSR count). The summed E-state index contributed by atoms with van der Waals surface area (Å²) in [4.78, 5) is 0. The number of aliphatic hydroxyl groups is 1. The SMILES string of the molecule is CC1(C)CCC2CC(CO)=CCC2O1. The molecule has 2 nitrogen and oxygen atoms in total. The lowest BCUT2D eigenvalue weighted by atomic mass is 9.78. The fourth-order valence-corrected chi connectivity index (χ4v) is 2.59. The molecule has 14 heavy (non-hydrogen) atoms. The van der Waals surface area contributed by atoms with Crippen molar-refractivity contribution in [3.05, 3.63) is 11.6 Å². The van der Waals surface area contributed by atoms with E-state index < -0.39 is 0 Å². The first-order valence-corrected chi connectivity index (χ1v) is 5.57. The van der Waals surface area contributed by atoms with Gasteiger partial charge in [0.05, 0.1) is 18.3 Å². The van der Waals surface area contributed by atoms with E-state index in [-0.39, 0.29) is 12.2 Å². The van der Waals surface area contributed by atoms with E-state index in [1.165, 1.54) is 12.0 Å². The van der Waals surface area contributed by atoms with Crippen LogP contribution >= 0.6 is 0 Å². The van der Waals surface area contributed by atoms with Gasteiger partial charge in [0.2, 0.25) is 0 Å². The number of hydrogen-bond donors (Lipinski definition) is 1. The second kappa shape index (κ2) is 3.67. The van der Waals surface area contributed by atoms with Crippen molar-refractivity contribution in [2.45, 2.75) is 51.2 Å². The Bertz CT molecular complexity index is 243. The van der Waals surface area contributed by atoms with Gasteiger partial charge in [0.1, 0.15) is 0 Å². The highest BCUT2D eigenvalue weighted by atomic mass is 16.5. The van der Waals surface area contributed by atoms with E-state index in [0.29, 0.717) is 12.0 Å². The first-order chi connectivity index (χ1) is 6.61. The largest absolute Gasteiger partial charge is 0.392 e. The predicted molar refractivity (Wildman–Crippen MR) is 56.1 cm³/mol. The van der Waals surface area contributed by atoms with Gasteiger partial charge in [0.15, 0.2) is 0 Å². The molecule has 1 N–H and O–H groups in total. The summed E-state index contributed by atoms with van der Waals surface area (Å²) < 4.78 is 6.04. The van der Waals surface area contributed by atoms with Crippen LogP contribution in [0.5, 0.6) is 0 Å². The van der Waals surface area contributed by atoms with Crippen molar-refractivity contribution < 1.29 is 9.84 Å². The van der Waals surface area contributed by atoms with Gasteiger partial charge in [0.25, 0.3) is 0 Å². The van der Waals surface area contributed by atoms with Crippen LogP contribution in [0.2, 0.25) is 0 Å². The molecule has 1 aliphatic carbocycles. The van der Waals surface area contributed by atoms with Crippen molar-refractivity contribution in [3.8, 4) is 0 Å². The van der Waals surface area contributed by atoms with Gasteiger partial charge in [0, 0.05) is 0 Å². The number of fused-ring (bicyclic) bond motifs is 1. The second-order valence-corrected chi connectivity index (χ2v) is 5.18. The molecule has 0 aromatic heterocycles. The molecule has 0 radical (unpaired) electrons. The average molecular weight is 196 g/mol. The molecule has 0 bridgehead atoms. The molecule has 1 fully saturated rings. The molecule has 2 heteroatoms.